The van der Waals surface area contributed by atoms with Crippen LogP contribution in [0.15, 0.2) is 36.8 Å². The molecular formula is C12H12N4O3. The predicted octanol–water partition coefficient (Wildman–Crippen LogP) is 2.26. The van der Waals surface area contributed by atoms with Crippen LogP contribution >= 0.6 is 0 Å². The first kappa shape index (κ1) is 12.7. The Hall–Kier alpha value is -2.70. The van der Waals surface area contributed by atoms with Gasteiger partial charge in [-0.25, -0.2) is 0 Å². The van der Waals surface area contributed by atoms with E-state index in [2.05, 4.69) is 15.3 Å². The molecule has 7 heteroatoms. The molecule has 19 heavy (non-hydrogen) atoms. The van der Waals surface area contributed by atoms with Crippen LogP contribution in [0.25, 0.3) is 0 Å². The van der Waals surface area contributed by atoms with Crippen LogP contribution < -0.4 is 5.32 Å². The number of nitro benzene ring substituents is 1. The molecule has 0 saturated heterocycles. The number of phenolic OH excluding ortho intramolecular Hbond substituents is 1. The molecule has 2 rings (SSSR count). The zero-order valence-electron chi connectivity index (χ0n) is 10.1. The second-order valence-electron chi connectivity index (χ2n) is 3.95. The fraction of sp³-hybridized carbons (Fsp3) is 0.167. The number of hydrogen-bond donors (Lipinski definition) is 2. The lowest BCUT2D eigenvalue weighted by Crippen LogP contribution is -2.10. The maximum absolute atomic E-state index is 10.9. The lowest BCUT2D eigenvalue weighted by Gasteiger charge is -2.14. The Morgan fingerprint density at radius 3 is 2.84 bits per heavy atom. The Bertz CT molecular complexity index is 589. The van der Waals surface area contributed by atoms with E-state index >= 15 is 0 Å². The summed E-state index contributed by atoms with van der Waals surface area (Å²) in [5.74, 6) is -0.149. The van der Waals surface area contributed by atoms with Gasteiger partial charge in [0.1, 0.15) is 11.4 Å². The molecule has 1 aromatic carbocycles. The first-order valence-corrected chi connectivity index (χ1v) is 5.58. The van der Waals surface area contributed by atoms with Crippen molar-refractivity contribution < 1.29 is 10.0 Å². The van der Waals surface area contributed by atoms with Crippen molar-refractivity contribution in [3.8, 4) is 5.75 Å². The van der Waals surface area contributed by atoms with Crippen LogP contribution in [-0.2, 0) is 0 Å². The molecule has 0 fully saturated rings. The molecule has 2 N–H and O–H groups in total. The maximum Gasteiger partial charge on any atom is 0.296 e. The second-order valence-corrected chi connectivity index (χ2v) is 3.95. The number of aromatic nitrogens is 2. The summed E-state index contributed by atoms with van der Waals surface area (Å²) in [4.78, 5) is 18.4. The number of aromatic hydroxyl groups is 1. The number of hydrogen-bond acceptors (Lipinski definition) is 6. The lowest BCUT2D eigenvalue weighted by atomic mass is 10.2. The Balaban J connectivity index is 2.26. The van der Waals surface area contributed by atoms with E-state index in [-0.39, 0.29) is 17.5 Å². The van der Waals surface area contributed by atoms with Crippen LogP contribution in [0.3, 0.4) is 0 Å². The maximum atomic E-state index is 10.9. The van der Waals surface area contributed by atoms with Gasteiger partial charge in [-0.15, -0.1) is 0 Å². The third-order valence-electron chi connectivity index (χ3n) is 2.58. The highest BCUT2D eigenvalue weighted by Gasteiger charge is 2.17. The molecule has 0 saturated carbocycles. The van der Waals surface area contributed by atoms with Crippen LogP contribution in [0.4, 0.5) is 11.4 Å². The molecule has 1 aromatic heterocycles. The van der Waals surface area contributed by atoms with E-state index < -0.39 is 4.92 Å². The highest BCUT2D eigenvalue weighted by Crippen LogP contribution is 2.30. The van der Waals surface area contributed by atoms with Crippen LogP contribution in [0.5, 0.6) is 5.75 Å². The molecule has 0 radical (unpaired) electrons. The molecule has 2 aromatic rings. The lowest BCUT2D eigenvalue weighted by molar-refractivity contribution is -0.384. The minimum absolute atomic E-state index is 0.149. The van der Waals surface area contributed by atoms with Crippen LogP contribution in [0.2, 0.25) is 0 Å². The summed E-state index contributed by atoms with van der Waals surface area (Å²) < 4.78 is 0. The van der Waals surface area contributed by atoms with Gasteiger partial charge in [-0.1, -0.05) is 0 Å². The van der Waals surface area contributed by atoms with Gasteiger partial charge in [-0.2, -0.15) is 0 Å². The summed E-state index contributed by atoms with van der Waals surface area (Å²) in [6.07, 6.45) is 4.70. The normalized spacial score (nSPS) is 11.8. The molecule has 0 aliphatic rings. The SMILES string of the molecule is CC(Nc1ccc(O)cc1[N+](=O)[O-])c1cnccn1. The van der Waals surface area contributed by atoms with Crippen molar-refractivity contribution in [3.63, 3.8) is 0 Å². The van der Waals surface area contributed by atoms with Gasteiger partial charge < -0.3 is 10.4 Å². The predicted molar refractivity (Wildman–Crippen MR) is 68.8 cm³/mol. The van der Waals surface area contributed by atoms with Gasteiger partial charge in [0.25, 0.3) is 5.69 Å². The van der Waals surface area contributed by atoms with Crippen LogP contribution in [-0.4, -0.2) is 20.0 Å². The highest BCUT2D eigenvalue weighted by molar-refractivity contribution is 5.64. The molecule has 98 valence electrons. The number of nitrogens with zero attached hydrogens (tertiary/aromatic N) is 3. The second kappa shape index (κ2) is 5.30. The summed E-state index contributed by atoms with van der Waals surface area (Å²) in [6.45, 7) is 1.82. The number of nitro groups is 1. The van der Waals surface area contributed by atoms with E-state index in [1.165, 1.54) is 12.1 Å². The van der Waals surface area contributed by atoms with Gasteiger partial charge in [0, 0.05) is 12.4 Å². The van der Waals surface area contributed by atoms with Crippen molar-refractivity contribution in [2.45, 2.75) is 13.0 Å². The van der Waals surface area contributed by atoms with E-state index in [1.54, 1.807) is 18.6 Å². The first-order valence-electron chi connectivity index (χ1n) is 5.58. The number of benzene rings is 1. The molecule has 0 aliphatic heterocycles. The molecule has 1 unspecified atom stereocenters. The Morgan fingerprint density at radius 1 is 1.42 bits per heavy atom. The topological polar surface area (TPSA) is 101 Å². The van der Waals surface area contributed by atoms with Crippen molar-refractivity contribution in [2.75, 3.05) is 5.32 Å². The average Bonchev–Trinajstić information content (AvgIpc) is 2.41. The van der Waals surface area contributed by atoms with E-state index in [0.717, 1.165) is 6.07 Å². The van der Waals surface area contributed by atoms with E-state index in [0.29, 0.717) is 11.4 Å². The molecular weight excluding hydrogens is 248 g/mol. The van der Waals surface area contributed by atoms with Gasteiger partial charge in [0.05, 0.1) is 28.9 Å². The smallest absolute Gasteiger partial charge is 0.296 e. The monoisotopic (exact) mass is 260 g/mol. The zero-order chi connectivity index (χ0) is 13.8. The fourth-order valence-electron chi connectivity index (χ4n) is 1.63. The van der Waals surface area contributed by atoms with E-state index in [1.807, 2.05) is 6.92 Å². The van der Waals surface area contributed by atoms with Crippen molar-refractivity contribution >= 4 is 11.4 Å². The molecule has 0 bridgehead atoms. The van der Waals surface area contributed by atoms with Crippen molar-refractivity contribution in [1.29, 1.82) is 0 Å². The zero-order valence-corrected chi connectivity index (χ0v) is 10.1. The number of nitrogens with one attached hydrogen (secondary N) is 1. The number of rotatable bonds is 4. The number of phenols is 1. The summed E-state index contributed by atoms with van der Waals surface area (Å²) >= 11 is 0. The van der Waals surface area contributed by atoms with Gasteiger partial charge in [-0.05, 0) is 19.1 Å². The third kappa shape index (κ3) is 2.95. The van der Waals surface area contributed by atoms with Crippen molar-refractivity contribution in [3.05, 3.63) is 52.6 Å². The molecule has 7 nitrogen and oxygen atoms in total. The summed E-state index contributed by atoms with van der Waals surface area (Å²) in [5.41, 5.74) is 0.807. The van der Waals surface area contributed by atoms with Gasteiger partial charge in [0.15, 0.2) is 0 Å². The van der Waals surface area contributed by atoms with Crippen LogP contribution in [0.1, 0.15) is 18.7 Å². The summed E-state index contributed by atoms with van der Waals surface area (Å²) in [6, 6.07) is 3.71. The quantitative estimate of drug-likeness (QED) is 0.496. The molecule has 0 amide bonds. The Kier molecular flexibility index (Phi) is 3.56. The highest BCUT2D eigenvalue weighted by atomic mass is 16.6. The Morgan fingerprint density at radius 2 is 2.21 bits per heavy atom. The van der Waals surface area contributed by atoms with Gasteiger partial charge in [-0.3, -0.25) is 20.1 Å². The van der Waals surface area contributed by atoms with Crippen molar-refractivity contribution in [2.24, 2.45) is 0 Å². The minimum Gasteiger partial charge on any atom is -0.508 e. The summed E-state index contributed by atoms with van der Waals surface area (Å²) in [7, 11) is 0. The molecule has 0 spiro atoms. The fourth-order valence-corrected chi connectivity index (χ4v) is 1.63. The van der Waals surface area contributed by atoms with E-state index in [4.69, 9.17) is 0 Å². The number of anilines is 1. The molecule has 1 atom stereocenters. The standard InChI is InChI=1S/C12H12N4O3/c1-8(11-7-13-4-5-14-11)15-10-3-2-9(17)6-12(10)16(18)19/h2-8,15,17H,1H3. The third-order valence-corrected chi connectivity index (χ3v) is 2.58. The van der Waals surface area contributed by atoms with Gasteiger partial charge in [0.2, 0.25) is 0 Å². The average molecular weight is 260 g/mol. The van der Waals surface area contributed by atoms with Gasteiger partial charge >= 0.3 is 0 Å². The summed E-state index contributed by atoms with van der Waals surface area (Å²) in [5, 5.41) is 23.2. The first-order chi connectivity index (χ1) is 9.08. The minimum atomic E-state index is -0.550. The van der Waals surface area contributed by atoms with Crippen LogP contribution in [0, 0.1) is 10.1 Å². The molecule has 0 aliphatic carbocycles. The Labute approximate surface area is 109 Å². The largest absolute Gasteiger partial charge is 0.508 e. The van der Waals surface area contributed by atoms with Crippen molar-refractivity contribution in [1.82, 2.24) is 9.97 Å². The molecule has 1 heterocycles. The van der Waals surface area contributed by atoms with E-state index in [9.17, 15) is 15.2 Å².